The third-order valence-corrected chi connectivity index (χ3v) is 6.54. The molecule has 0 spiro atoms. The van der Waals surface area contributed by atoms with Gasteiger partial charge in [-0.3, -0.25) is 9.59 Å². The van der Waals surface area contributed by atoms with Gasteiger partial charge in [0.05, 0.1) is 11.4 Å². The zero-order chi connectivity index (χ0) is 19.3. The quantitative estimate of drug-likeness (QED) is 0.808. The fraction of sp³-hybridized carbons (Fsp3) is 0.556. The van der Waals surface area contributed by atoms with Crippen molar-refractivity contribution in [1.82, 2.24) is 14.5 Å². The maximum absolute atomic E-state index is 12.4. The van der Waals surface area contributed by atoms with Crippen LogP contribution in [0.3, 0.4) is 0 Å². The summed E-state index contributed by atoms with van der Waals surface area (Å²) in [6.07, 6.45) is 4.06. The van der Waals surface area contributed by atoms with Crippen molar-refractivity contribution in [2.24, 2.45) is 0 Å². The number of carbonyl (C=O) groups is 2. The molecule has 26 heavy (non-hydrogen) atoms. The maximum atomic E-state index is 12.4. The number of nitrogens with one attached hydrogen (secondary N) is 1. The summed E-state index contributed by atoms with van der Waals surface area (Å²) in [5.41, 5.74) is 0.321. The second-order valence-electron chi connectivity index (χ2n) is 6.64. The molecular formula is C18H27N3O4S. The summed E-state index contributed by atoms with van der Waals surface area (Å²) in [6.45, 7) is 2.76. The van der Waals surface area contributed by atoms with Crippen molar-refractivity contribution in [3.63, 3.8) is 0 Å². The van der Waals surface area contributed by atoms with E-state index in [0.29, 0.717) is 5.56 Å². The molecule has 1 heterocycles. The van der Waals surface area contributed by atoms with Crippen molar-refractivity contribution in [1.29, 1.82) is 0 Å². The summed E-state index contributed by atoms with van der Waals surface area (Å²) < 4.78 is 25.2. The van der Waals surface area contributed by atoms with Gasteiger partial charge in [-0.1, -0.05) is 6.92 Å². The third kappa shape index (κ3) is 4.62. The first-order valence-corrected chi connectivity index (χ1v) is 10.3. The number of nitrogens with zero attached hydrogens (tertiary/aromatic N) is 2. The van der Waals surface area contributed by atoms with E-state index in [1.54, 1.807) is 0 Å². The Bertz CT molecular complexity index is 744. The van der Waals surface area contributed by atoms with E-state index in [0.717, 1.165) is 36.5 Å². The Kier molecular flexibility index (Phi) is 6.77. The zero-order valence-corrected chi connectivity index (χ0v) is 16.4. The Balaban J connectivity index is 1.96. The first-order chi connectivity index (χ1) is 12.3. The molecule has 1 atom stereocenters. The van der Waals surface area contributed by atoms with E-state index in [4.69, 9.17) is 0 Å². The molecule has 1 aromatic carbocycles. The fourth-order valence-corrected chi connectivity index (χ4v) is 4.00. The summed E-state index contributed by atoms with van der Waals surface area (Å²) in [6, 6.07) is 5.94. The Labute approximate surface area is 155 Å². The highest BCUT2D eigenvalue weighted by atomic mass is 32.2. The molecule has 1 saturated heterocycles. The molecule has 0 aromatic heterocycles. The van der Waals surface area contributed by atoms with Gasteiger partial charge in [0.25, 0.3) is 5.91 Å². The van der Waals surface area contributed by atoms with Crippen molar-refractivity contribution in [3.05, 3.63) is 29.8 Å². The van der Waals surface area contributed by atoms with Gasteiger partial charge in [0, 0.05) is 32.2 Å². The van der Waals surface area contributed by atoms with Crippen LogP contribution >= 0.6 is 0 Å². The Hall–Kier alpha value is -1.93. The zero-order valence-electron chi connectivity index (χ0n) is 15.6. The van der Waals surface area contributed by atoms with Crippen LogP contribution in [0.15, 0.2) is 29.2 Å². The van der Waals surface area contributed by atoms with Crippen LogP contribution < -0.4 is 5.32 Å². The minimum Gasteiger partial charge on any atom is -0.343 e. The lowest BCUT2D eigenvalue weighted by atomic mass is 10.00. The summed E-state index contributed by atoms with van der Waals surface area (Å²) in [7, 11) is -0.628. The van der Waals surface area contributed by atoms with Gasteiger partial charge in [0.1, 0.15) is 0 Å². The SMILES string of the molecule is CCC1CCCCN1C(=O)CNC(=O)c1ccc(S(=O)(=O)N(C)C)cc1. The Morgan fingerprint density at radius 1 is 1.19 bits per heavy atom. The molecule has 0 aliphatic carbocycles. The first kappa shape index (κ1) is 20.4. The minimum absolute atomic E-state index is 0.0485. The molecule has 1 aliphatic rings. The third-order valence-electron chi connectivity index (χ3n) is 4.71. The van der Waals surface area contributed by atoms with Gasteiger partial charge < -0.3 is 10.2 Å². The predicted octanol–water partition coefficient (Wildman–Crippen LogP) is 1.46. The van der Waals surface area contributed by atoms with E-state index in [2.05, 4.69) is 12.2 Å². The van der Waals surface area contributed by atoms with E-state index in [-0.39, 0.29) is 23.4 Å². The molecule has 2 amide bonds. The molecule has 144 valence electrons. The van der Waals surface area contributed by atoms with Crippen LogP contribution in [0.5, 0.6) is 0 Å². The van der Waals surface area contributed by atoms with Crippen LogP contribution in [0.2, 0.25) is 0 Å². The van der Waals surface area contributed by atoms with Gasteiger partial charge in [0.15, 0.2) is 0 Å². The maximum Gasteiger partial charge on any atom is 0.251 e. The van der Waals surface area contributed by atoms with Gasteiger partial charge in [-0.25, -0.2) is 12.7 Å². The molecular weight excluding hydrogens is 354 g/mol. The van der Waals surface area contributed by atoms with Crippen molar-refractivity contribution in [2.75, 3.05) is 27.2 Å². The number of amides is 2. The number of sulfonamides is 1. The number of benzene rings is 1. The van der Waals surface area contributed by atoms with Crippen LogP contribution in [-0.4, -0.2) is 62.7 Å². The van der Waals surface area contributed by atoms with Crippen molar-refractivity contribution < 1.29 is 18.0 Å². The van der Waals surface area contributed by atoms with Crippen LogP contribution in [0.1, 0.15) is 43.0 Å². The van der Waals surface area contributed by atoms with Gasteiger partial charge in [-0.2, -0.15) is 0 Å². The summed E-state index contributed by atoms with van der Waals surface area (Å²) in [5.74, 6) is -0.464. The molecule has 0 saturated carbocycles. The average molecular weight is 381 g/mol. The van der Waals surface area contributed by atoms with Crippen molar-refractivity contribution in [3.8, 4) is 0 Å². The van der Waals surface area contributed by atoms with Crippen LogP contribution in [0.25, 0.3) is 0 Å². The molecule has 1 fully saturated rings. The largest absolute Gasteiger partial charge is 0.343 e. The van der Waals surface area contributed by atoms with Crippen LogP contribution in [0.4, 0.5) is 0 Å². The molecule has 1 aliphatic heterocycles. The molecule has 2 rings (SSSR count). The van der Waals surface area contributed by atoms with Crippen molar-refractivity contribution >= 4 is 21.8 Å². The standard InChI is InChI=1S/C18H27N3O4S/c1-4-15-7-5-6-12-21(15)17(22)13-19-18(23)14-8-10-16(11-9-14)26(24,25)20(2)3/h8-11,15H,4-7,12-13H2,1-3H3,(H,19,23). The number of rotatable bonds is 6. The minimum atomic E-state index is -3.53. The smallest absolute Gasteiger partial charge is 0.251 e. The van der Waals surface area contributed by atoms with E-state index >= 15 is 0 Å². The highest BCUT2D eigenvalue weighted by molar-refractivity contribution is 7.89. The first-order valence-electron chi connectivity index (χ1n) is 8.87. The number of hydrogen-bond acceptors (Lipinski definition) is 4. The number of hydrogen-bond donors (Lipinski definition) is 1. The normalized spacial score (nSPS) is 18.0. The van der Waals surface area contributed by atoms with Crippen molar-refractivity contribution in [2.45, 2.75) is 43.5 Å². The second-order valence-corrected chi connectivity index (χ2v) is 8.79. The summed E-state index contributed by atoms with van der Waals surface area (Å²) in [5, 5.41) is 2.63. The summed E-state index contributed by atoms with van der Waals surface area (Å²) >= 11 is 0. The molecule has 7 nitrogen and oxygen atoms in total. The van der Waals surface area contributed by atoms with Gasteiger partial charge in [-0.15, -0.1) is 0 Å². The molecule has 0 bridgehead atoms. The highest BCUT2D eigenvalue weighted by Crippen LogP contribution is 2.19. The molecule has 1 N–H and O–H groups in total. The number of piperidine rings is 1. The molecule has 0 radical (unpaired) electrons. The van der Waals surface area contributed by atoms with E-state index < -0.39 is 15.9 Å². The predicted molar refractivity (Wildman–Crippen MR) is 99.3 cm³/mol. The monoisotopic (exact) mass is 381 g/mol. The molecule has 8 heteroatoms. The lowest BCUT2D eigenvalue weighted by Gasteiger charge is -2.35. The van der Waals surface area contributed by atoms with Crippen LogP contribution in [-0.2, 0) is 14.8 Å². The molecule has 1 unspecified atom stereocenters. The Morgan fingerprint density at radius 2 is 1.85 bits per heavy atom. The Morgan fingerprint density at radius 3 is 2.42 bits per heavy atom. The van der Waals surface area contributed by atoms with Gasteiger partial charge in [-0.05, 0) is 49.9 Å². The summed E-state index contributed by atoms with van der Waals surface area (Å²) in [4.78, 5) is 26.6. The van der Waals surface area contributed by atoms with Gasteiger partial charge in [0.2, 0.25) is 15.9 Å². The van der Waals surface area contributed by atoms with E-state index in [1.165, 1.54) is 38.4 Å². The highest BCUT2D eigenvalue weighted by Gasteiger charge is 2.25. The van der Waals surface area contributed by atoms with Crippen LogP contribution in [0, 0.1) is 0 Å². The number of carbonyl (C=O) groups excluding carboxylic acids is 2. The number of likely N-dealkylation sites (tertiary alicyclic amines) is 1. The average Bonchev–Trinajstić information content (AvgIpc) is 2.65. The topological polar surface area (TPSA) is 86.8 Å². The van der Waals surface area contributed by atoms with E-state index in [1.807, 2.05) is 4.90 Å². The fourth-order valence-electron chi connectivity index (χ4n) is 3.10. The van der Waals surface area contributed by atoms with Gasteiger partial charge >= 0.3 is 0 Å². The molecule has 1 aromatic rings. The van der Waals surface area contributed by atoms with E-state index in [9.17, 15) is 18.0 Å². The lowest BCUT2D eigenvalue weighted by molar-refractivity contribution is -0.133. The second kappa shape index (κ2) is 8.64. The lowest BCUT2D eigenvalue weighted by Crippen LogP contribution is -2.47.